The molecule has 0 saturated carbocycles. The fraction of sp³-hybridized carbons (Fsp3) is 0.489. The van der Waals surface area contributed by atoms with Gasteiger partial charge in [0.05, 0.1) is 5.41 Å². The number of benzene rings is 4. The van der Waals surface area contributed by atoms with E-state index in [0.717, 1.165) is 72.0 Å². The molecular weight excluding hydrogens is 621 g/mol. The second-order valence-corrected chi connectivity index (χ2v) is 15.3. The van der Waals surface area contributed by atoms with E-state index < -0.39 is 0 Å². The van der Waals surface area contributed by atoms with Crippen molar-refractivity contribution in [1.29, 1.82) is 0 Å². The Kier molecular flexibility index (Phi) is 11.3. The second-order valence-electron chi connectivity index (χ2n) is 15.3. The molecule has 0 radical (unpaired) electrons. The summed E-state index contributed by atoms with van der Waals surface area (Å²) in [4.78, 5) is 10.2. The molecule has 0 amide bonds. The SMILES string of the molecule is CCN(CC)Cc1ccc2c(c1)C1(c3cc(CN(CC)CC)ccc3-2)c2cc(CN(CC)CC)ccc2-c2ccc(C(C)(C)N(CC)CC)cc21. The van der Waals surface area contributed by atoms with Gasteiger partial charge in [-0.1, -0.05) is 128 Å². The van der Waals surface area contributed by atoms with Crippen LogP contribution in [0.15, 0.2) is 72.8 Å². The van der Waals surface area contributed by atoms with E-state index in [1.807, 2.05) is 0 Å². The first-order chi connectivity index (χ1) is 24.6. The number of rotatable bonds is 16. The van der Waals surface area contributed by atoms with Gasteiger partial charge in [0, 0.05) is 25.2 Å². The molecule has 1 spiro atoms. The van der Waals surface area contributed by atoms with Crippen LogP contribution in [-0.2, 0) is 30.6 Å². The Morgan fingerprint density at radius 3 is 1.04 bits per heavy atom. The third-order valence-electron chi connectivity index (χ3n) is 12.6. The second kappa shape index (κ2) is 15.4. The van der Waals surface area contributed by atoms with Gasteiger partial charge in [0.2, 0.25) is 0 Å². The minimum Gasteiger partial charge on any atom is -0.300 e. The highest BCUT2D eigenvalue weighted by Crippen LogP contribution is 2.63. The Balaban J connectivity index is 1.69. The van der Waals surface area contributed by atoms with E-state index in [0.29, 0.717) is 0 Å². The van der Waals surface area contributed by atoms with Crippen molar-refractivity contribution in [3.05, 3.63) is 117 Å². The third kappa shape index (κ3) is 6.41. The molecule has 0 unspecified atom stereocenters. The smallest absolute Gasteiger partial charge is 0.0725 e. The zero-order chi connectivity index (χ0) is 36.5. The minimum absolute atomic E-state index is 0.0954. The molecule has 6 rings (SSSR count). The van der Waals surface area contributed by atoms with Crippen molar-refractivity contribution in [2.75, 3.05) is 52.4 Å². The van der Waals surface area contributed by atoms with Crippen molar-refractivity contribution in [3.63, 3.8) is 0 Å². The molecule has 0 saturated heterocycles. The molecule has 0 fully saturated rings. The first kappa shape index (κ1) is 37.5. The van der Waals surface area contributed by atoms with E-state index in [4.69, 9.17) is 0 Å². The summed E-state index contributed by atoms with van der Waals surface area (Å²) in [5.41, 5.74) is 16.5. The fourth-order valence-electron chi connectivity index (χ4n) is 9.36. The Bertz CT molecular complexity index is 1720. The molecule has 4 aromatic carbocycles. The summed E-state index contributed by atoms with van der Waals surface area (Å²) in [5, 5.41) is 0. The molecule has 0 heterocycles. The van der Waals surface area contributed by atoms with Crippen LogP contribution < -0.4 is 0 Å². The van der Waals surface area contributed by atoms with Gasteiger partial charge >= 0.3 is 0 Å². The van der Waals surface area contributed by atoms with Gasteiger partial charge in [-0.15, -0.1) is 0 Å². The van der Waals surface area contributed by atoms with Crippen LogP contribution in [0.3, 0.4) is 0 Å². The maximum Gasteiger partial charge on any atom is 0.0725 e. The van der Waals surface area contributed by atoms with E-state index in [2.05, 4.69) is 162 Å². The lowest BCUT2D eigenvalue weighted by Crippen LogP contribution is -2.41. The summed E-state index contributed by atoms with van der Waals surface area (Å²) >= 11 is 0. The van der Waals surface area contributed by atoms with Crippen molar-refractivity contribution >= 4 is 0 Å². The van der Waals surface area contributed by atoms with Crippen LogP contribution in [0.2, 0.25) is 0 Å². The Morgan fingerprint density at radius 1 is 0.412 bits per heavy atom. The molecule has 0 aromatic heterocycles. The van der Waals surface area contributed by atoms with Crippen molar-refractivity contribution in [2.24, 2.45) is 0 Å². The maximum atomic E-state index is 2.62. The molecular formula is C47H64N4. The molecule has 272 valence electrons. The van der Waals surface area contributed by atoms with Crippen LogP contribution in [0.4, 0.5) is 0 Å². The van der Waals surface area contributed by atoms with Gasteiger partial charge in [0.25, 0.3) is 0 Å². The Hall–Kier alpha value is -3.28. The molecule has 0 bridgehead atoms. The summed E-state index contributed by atoms with van der Waals surface area (Å²) < 4.78 is 0. The predicted octanol–water partition coefficient (Wildman–Crippen LogP) is 10.1. The van der Waals surface area contributed by atoms with Crippen LogP contribution in [-0.4, -0.2) is 72.0 Å². The number of fused-ring (bicyclic) bond motifs is 10. The molecule has 0 atom stereocenters. The summed E-state index contributed by atoms with van der Waals surface area (Å²) in [6, 6.07) is 29.8. The van der Waals surface area contributed by atoms with Crippen molar-refractivity contribution in [1.82, 2.24) is 19.6 Å². The van der Waals surface area contributed by atoms with Crippen molar-refractivity contribution in [2.45, 2.75) is 99.8 Å². The number of hydrogen-bond acceptors (Lipinski definition) is 4. The predicted molar refractivity (Wildman–Crippen MR) is 219 cm³/mol. The van der Waals surface area contributed by atoms with E-state index in [1.54, 1.807) is 0 Å². The van der Waals surface area contributed by atoms with Gasteiger partial charge in [-0.05, 0) is 133 Å². The molecule has 4 aromatic rings. The van der Waals surface area contributed by atoms with Crippen molar-refractivity contribution in [3.8, 4) is 22.3 Å². The van der Waals surface area contributed by atoms with Gasteiger partial charge in [0.15, 0.2) is 0 Å². The average Bonchev–Trinajstić information content (AvgIpc) is 3.60. The monoisotopic (exact) mass is 685 g/mol. The van der Waals surface area contributed by atoms with Gasteiger partial charge in [-0.3, -0.25) is 19.6 Å². The zero-order valence-electron chi connectivity index (χ0n) is 33.5. The van der Waals surface area contributed by atoms with Crippen molar-refractivity contribution < 1.29 is 0 Å². The molecule has 4 nitrogen and oxygen atoms in total. The third-order valence-corrected chi connectivity index (χ3v) is 12.6. The highest BCUT2D eigenvalue weighted by molar-refractivity contribution is 5.95. The van der Waals surface area contributed by atoms with Gasteiger partial charge in [-0.2, -0.15) is 0 Å². The molecule has 0 N–H and O–H groups in total. The lowest BCUT2D eigenvalue weighted by atomic mass is 9.69. The Labute approximate surface area is 310 Å². The molecule has 51 heavy (non-hydrogen) atoms. The quantitative estimate of drug-likeness (QED) is 0.101. The number of nitrogens with zero attached hydrogens (tertiary/aromatic N) is 4. The van der Waals surface area contributed by atoms with Gasteiger partial charge in [-0.25, -0.2) is 0 Å². The normalized spacial score (nSPS) is 14.2. The average molecular weight is 685 g/mol. The number of hydrogen-bond donors (Lipinski definition) is 0. The fourth-order valence-corrected chi connectivity index (χ4v) is 9.36. The maximum absolute atomic E-state index is 2.62. The van der Waals surface area contributed by atoms with Crippen LogP contribution >= 0.6 is 0 Å². The lowest BCUT2D eigenvalue weighted by Gasteiger charge is -2.39. The van der Waals surface area contributed by atoms with E-state index in [9.17, 15) is 0 Å². The zero-order valence-corrected chi connectivity index (χ0v) is 33.5. The van der Waals surface area contributed by atoms with E-state index in [-0.39, 0.29) is 11.0 Å². The topological polar surface area (TPSA) is 13.0 Å². The summed E-state index contributed by atoms with van der Waals surface area (Å²) in [7, 11) is 0. The molecule has 0 aliphatic heterocycles. The molecule has 4 heteroatoms. The van der Waals surface area contributed by atoms with Gasteiger partial charge < -0.3 is 0 Å². The standard InChI is InChI=1S/C47H64N4/c1-11-48(12-2)31-34-19-23-38-39-24-20-35(32-49(13-3)14-4)28-43(39)47(42(38)27-34)44-29-36(33-50(15-5)16-6)21-25-40(44)41-26-22-37(30-45(41)47)46(9,10)51(17-7)18-8/h19-30H,11-18,31-33H2,1-10H3. The lowest BCUT2D eigenvalue weighted by molar-refractivity contribution is 0.135. The summed E-state index contributed by atoms with van der Waals surface area (Å²) in [6.45, 7) is 34.4. The van der Waals surface area contributed by atoms with Crippen LogP contribution in [0.25, 0.3) is 22.3 Å². The van der Waals surface area contributed by atoms with E-state index >= 15 is 0 Å². The summed E-state index contributed by atoms with van der Waals surface area (Å²) in [5.74, 6) is 0. The van der Waals surface area contributed by atoms with Crippen LogP contribution in [0.5, 0.6) is 0 Å². The van der Waals surface area contributed by atoms with Crippen LogP contribution in [0.1, 0.15) is 114 Å². The first-order valence-corrected chi connectivity index (χ1v) is 20.1. The first-order valence-electron chi connectivity index (χ1n) is 20.1. The largest absolute Gasteiger partial charge is 0.300 e. The van der Waals surface area contributed by atoms with Gasteiger partial charge in [0.1, 0.15) is 0 Å². The highest BCUT2D eigenvalue weighted by atomic mass is 15.2. The van der Waals surface area contributed by atoms with Crippen LogP contribution in [0, 0.1) is 0 Å². The van der Waals surface area contributed by atoms with E-state index in [1.165, 1.54) is 66.8 Å². The Morgan fingerprint density at radius 2 is 0.725 bits per heavy atom. The molecule has 2 aliphatic carbocycles. The summed E-state index contributed by atoms with van der Waals surface area (Å²) in [6.07, 6.45) is 0. The highest BCUT2D eigenvalue weighted by Gasteiger charge is 2.52. The molecule has 2 aliphatic rings. The minimum atomic E-state index is -0.386.